The monoisotopic (exact) mass is 364 g/mol. The molecule has 0 amide bonds. The molecule has 1 atom stereocenters. The third-order valence-corrected chi connectivity index (χ3v) is 4.40. The molecule has 0 aliphatic carbocycles. The van der Waals surface area contributed by atoms with Gasteiger partial charge in [-0.15, -0.1) is 0 Å². The van der Waals surface area contributed by atoms with Crippen LogP contribution >= 0.6 is 11.6 Å². The van der Waals surface area contributed by atoms with Gasteiger partial charge in [-0.25, -0.2) is 4.79 Å². The van der Waals surface area contributed by atoms with E-state index in [0.29, 0.717) is 11.6 Å². The number of aromatic nitrogens is 2. The SMILES string of the molecule is CN(C)C(CN=Cc1c(O)n(C)c(=O)n(C)c1=O)c1ccccc1Cl. The zero-order valence-corrected chi connectivity index (χ0v) is 15.4. The Morgan fingerprint density at radius 1 is 1.24 bits per heavy atom. The van der Waals surface area contributed by atoms with Crippen molar-refractivity contribution in [3.8, 4) is 5.88 Å². The summed E-state index contributed by atoms with van der Waals surface area (Å²) in [5.74, 6) is -0.406. The highest BCUT2D eigenvalue weighted by molar-refractivity contribution is 6.31. The van der Waals surface area contributed by atoms with Crippen LogP contribution in [0.3, 0.4) is 0 Å². The molecule has 1 heterocycles. The highest BCUT2D eigenvalue weighted by Gasteiger charge is 2.17. The van der Waals surface area contributed by atoms with E-state index in [9.17, 15) is 14.7 Å². The maximum atomic E-state index is 12.2. The second kappa shape index (κ2) is 7.67. The van der Waals surface area contributed by atoms with Gasteiger partial charge in [0.15, 0.2) is 0 Å². The van der Waals surface area contributed by atoms with Gasteiger partial charge >= 0.3 is 5.69 Å². The van der Waals surface area contributed by atoms with E-state index in [-0.39, 0.29) is 11.6 Å². The molecule has 0 bridgehead atoms. The Bertz CT molecular complexity index is 915. The van der Waals surface area contributed by atoms with Gasteiger partial charge in [-0.2, -0.15) is 0 Å². The highest BCUT2D eigenvalue weighted by Crippen LogP contribution is 2.26. The van der Waals surface area contributed by atoms with Crippen LogP contribution in [0.4, 0.5) is 0 Å². The molecule has 25 heavy (non-hydrogen) atoms. The number of hydrogen-bond donors (Lipinski definition) is 1. The third-order valence-electron chi connectivity index (χ3n) is 4.05. The fraction of sp³-hybridized carbons (Fsp3) is 0.353. The first-order chi connectivity index (χ1) is 11.8. The van der Waals surface area contributed by atoms with E-state index in [4.69, 9.17) is 11.6 Å². The van der Waals surface area contributed by atoms with Crippen LogP contribution in [-0.4, -0.2) is 46.0 Å². The maximum absolute atomic E-state index is 12.2. The minimum Gasteiger partial charge on any atom is -0.494 e. The van der Waals surface area contributed by atoms with Crippen LogP contribution in [0.15, 0.2) is 38.8 Å². The second-order valence-electron chi connectivity index (χ2n) is 5.94. The van der Waals surface area contributed by atoms with Gasteiger partial charge in [-0.1, -0.05) is 29.8 Å². The number of nitrogens with zero attached hydrogens (tertiary/aromatic N) is 4. The number of rotatable bonds is 5. The minimum atomic E-state index is -0.595. The van der Waals surface area contributed by atoms with E-state index in [2.05, 4.69) is 4.99 Å². The Morgan fingerprint density at radius 2 is 1.88 bits per heavy atom. The zero-order valence-electron chi connectivity index (χ0n) is 14.6. The fourth-order valence-corrected chi connectivity index (χ4v) is 2.76. The number of aliphatic imine (C=N–C) groups is 1. The van der Waals surface area contributed by atoms with Crippen molar-refractivity contribution in [1.82, 2.24) is 14.0 Å². The molecule has 0 aliphatic heterocycles. The van der Waals surface area contributed by atoms with E-state index < -0.39 is 17.1 Å². The predicted molar refractivity (Wildman–Crippen MR) is 98.9 cm³/mol. The lowest BCUT2D eigenvalue weighted by Gasteiger charge is -2.24. The molecule has 1 aromatic heterocycles. The molecule has 0 saturated carbocycles. The molecule has 0 saturated heterocycles. The summed E-state index contributed by atoms with van der Waals surface area (Å²) < 4.78 is 1.93. The van der Waals surface area contributed by atoms with Gasteiger partial charge in [0, 0.05) is 25.3 Å². The molecule has 1 unspecified atom stereocenters. The fourth-order valence-electron chi connectivity index (χ4n) is 2.50. The van der Waals surface area contributed by atoms with Gasteiger partial charge in [0.25, 0.3) is 5.56 Å². The molecule has 0 spiro atoms. The van der Waals surface area contributed by atoms with Crippen LogP contribution in [0.2, 0.25) is 5.02 Å². The molecule has 134 valence electrons. The molecule has 2 aromatic rings. The summed E-state index contributed by atoms with van der Waals surface area (Å²) in [5.41, 5.74) is -0.296. The van der Waals surface area contributed by atoms with E-state index in [1.165, 1.54) is 20.3 Å². The summed E-state index contributed by atoms with van der Waals surface area (Å²) >= 11 is 6.26. The second-order valence-corrected chi connectivity index (χ2v) is 6.35. The van der Waals surface area contributed by atoms with Crippen LogP contribution in [0, 0.1) is 0 Å². The van der Waals surface area contributed by atoms with Crippen molar-refractivity contribution < 1.29 is 5.11 Å². The number of halogens is 1. The molecule has 0 radical (unpaired) electrons. The number of aromatic hydroxyl groups is 1. The van der Waals surface area contributed by atoms with Gasteiger partial charge in [-0.05, 0) is 25.7 Å². The Hall–Kier alpha value is -2.38. The number of likely N-dealkylation sites (N-methyl/N-ethyl adjacent to an activating group) is 1. The van der Waals surface area contributed by atoms with Crippen LogP contribution in [0.5, 0.6) is 5.88 Å². The average Bonchev–Trinajstić information content (AvgIpc) is 2.58. The summed E-state index contributed by atoms with van der Waals surface area (Å²) in [6.45, 7) is 0.335. The van der Waals surface area contributed by atoms with Crippen LogP contribution < -0.4 is 11.2 Å². The normalized spacial score (nSPS) is 12.9. The van der Waals surface area contributed by atoms with E-state index in [1.807, 2.05) is 43.3 Å². The lowest BCUT2D eigenvalue weighted by atomic mass is 10.1. The van der Waals surface area contributed by atoms with Gasteiger partial charge < -0.3 is 10.0 Å². The Labute approximate surface area is 150 Å². The Balaban J connectivity index is 2.36. The molecule has 1 N–H and O–H groups in total. The molecule has 7 nitrogen and oxygen atoms in total. The predicted octanol–water partition coefficient (Wildman–Crippen LogP) is 1.16. The molecule has 2 rings (SSSR count). The smallest absolute Gasteiger partial charge is 0.333 e. The molecular formula is C17H21ClN4O3. The largest absolute Gasteiger partial charge is 0.494 e. The number of benzene rings is 1. The number of hydrogen-bond acceptors (Lipinski definition) is 5. The Kier molecular flexibility index (Phi) is 5.81. The lowest BCUT2D eigenvalue weighted by Crippen LogP contribution is -2.38. The van der Waals surface area contributed by atoms with Crippen molar-refractivity contribution in [2.45, 2.75) is 6.04 Å². The maximum Gasteiger partial charge on any atom is 0.333 e. The summed E-state index contributed by atoms with van der Waals surface area (Å²) in [5, 5.41) is 10.7. The van der Waals surface area contributed by atoms with E-state index >= 15 is 0 Å². The van der Waals surface area contributed by atoms with E-state index in [0.717, 1.165) is 14.7 Å². The van der Waals surface area contributed by atoms with Gasteiger partial charge in [0.05, 0.1) is 12.6 Å². The quantitative estimate of drug-likeness (QED) is 0.807. The first-order valence-corrected chi connectivity index (χ1v) is 8.03. The Morgan fingerprint density at radius 3 is 2.48 bits per heavy atom. The highest BCUT2D eigenvalue weighted by atomic mass is 35.5. The summed E-state index contributed by atoms with van der Waals surface area (Å²) in [7, 11) is 6.56. The van der Waals surface area contributed by atoms with E-state index in [1.54, 1.807) is 0 Å². The summed E-state index contributed by atoms with van der Waals surface area (Å²) in [4.78, 5) is 30.2. The third kappa shape index (κ3) is 3.83. The van der Waals surface area contributed by atoms with Crippen LogP contribution in [0.1, 0.15) is 17.2 Å². The summed E-state index contributed by atoms with van der Waals surface area (Å²) in [6.07, 6.45) is 1.30. The van der Waals surface area contributed by atoms with Crippen LogP contribution in [0.25, 0.3) is 0 Å². The molecule has 0 aliphatic rings. The van der Waals surface area contributed by atoms with Crippen LogP contribution in [-0.2, 0) is 14.1 Å². The molecule has 1 aromatic carbocycles. The lowest BCUT2D eigenvalue weighted by molar-refractivity contribution is 0.307. The van der Waals surface area contributed by atoms with Crippen molar-refractivity contribution in [2.24, 2.45) is 19.1 Å². The summed E-state index contributed by atoms with van der Waals surface area (Å²) in [6, 6.07) is 7.39. The first-order valence-electron chi connectivity index (χ1n) is 7.65. The van der Waals surface area contributed by atoms with Crippen molar-refractivity contribution in [1.29, 1.82) is 0 Å². The van der Waals surface area contributed by atoms with Crippen molar-refractivity contribution in [2.75, 3.05) is 20.6 Å². The van der Waals surface area contributed by atoms with Gasteiger partial charge in [0.1, 0.15) is 5.56 Å². The minimum absolute atomic E-state index is 0.0266. The van der Waals surface area contributed by atoms with Crippen molar-refractivity contribution in [3.05, 3.63) is 61.3 Å². The topological polar surface area (TPSA) is 79.8 Å². The van der Waals surface area contributed by atoms with Gasteiger partial charge in [0.2, 0.25) is 5.88 Å². The standard InChI is InChI=1S/C17H21ClN4O3/c1-20(2)14(11-7-5-6-8-13(11)18)10-19-9-12-15(23)21(3)17(25)22(4)16(12)24/h5-9,14,23H,10H2,1-4H3. The average molecular weight is 365 g/mol. The first kappa shape index (κ1) is 19.0. The molecular weight excluding hydrogens is 344 g/mol. The van der Waals surface area contributed by atoms with Crippen molar-refractivity contribution in [3.63, 3.8) is 0 Å². The zero-order chi connectivity index (χ0) is 18.7. The molecule has 0 fully saturated rings. The van der Waals surface area contributed by atoms with Crippen molar-refractivity contribution >= 4 is 17.8 Å². The van der Waals surface area contributed by atoms with Gasteiger partial charge in [-0.3, -0.25) is 18.9 Å². The molecule has 8 heteroatoms.